The number of aryl methyl sites for hydroxylation is 1. The van der Waals surface area contributed by atoms with Gasteiger partial charge in [0.15, 0.2) is 0 Å². The lowest BCUT2D eigenvalue weighted by atomic mass is 10.1. The van der Waals surface area contributed by atoms with Crippen LogP contribution in [0.5, 0.6) is 0 Å². The van der Waals surface area contributed by atoms with E-state index in [0.29, 0.717) is 12.6 Å². The first-order chi connectivity index (χ1) is 8.58. The van der Waals surface area contributed by atoms with Gasteiger partial charge in [0.25, 0.3) is 0 Å². The van der Waals surface area contributed by atoms with Crippen molar-refractivity contribution in [3.63, 3.8) is 0 Å². The molecule has 1 aromatic carbocycles. The average Bonchev–Trinajstić information content (AvgIpc) is 3.14. The van der Waals surface area contributed by atoms with Gasteiger partial charge < -0.3 is 5.11 Å². The summed E-state index contributed by atoms with van der Waals surface area (Å²) in [5.41, 5.74) is 2.59. The minimum absolute atomic E-state index is 0.297. The van der Waals surface area contributed by atoms with Crippen LogP contribution >= 0.6 is 0 Å². The van der Waals surface area contributed by atoms with Crippen molar-refractivity contribution >= 4 is 5.97 Å². The molecule has 1 saturated carbocycles. The van der Waals surface area contributed by atoms with E-state index in [2.05, 4.69) is 24.0 Å². The smallest absolute Gasteiger partial charge is 0.307 e. The van der Waals surface area contributed by atoms with Crippen LogP contribution in [-0.4, -0.2) is 28.6 Å². The topological polar surface area (TPSA) is 40.5 Å². The summed E-state index contributed by atoms with van der Waals surface area (Å²) in [7, 11) is 0. The Morgan fingerprint density at radius 1 is 1.44 bits per heavy atom. The predicted octanol–water partition coefficient (Wildman–Crippen LogP) is 2.68. The Labute approximate surface area is 108 Å². The minimum atomic E-state index is -0.703. The summed E-state index contributed by atoms with van der Waals surface area (Å²) in [6, 6.07) is 8.93. The van der Waals surface area contributed by atoms with Crippen LogP contribution in [0.2, 0.25) is 0 Å². The summed E-state index contributed by atoms with van der Waals surface area (Å²) < 4.78 is 0. The van der Waals surface area contributed by atoms with E-state index in [4.69, 9.17) is 5.11 Å². The van der Waals surface area contributed by atoms with Crippen molar-refractivity contribution in [1.82, 2.24) is 4.90 Å². The maximum absolute atomic E-state index is 11.0. The molecular weight excluding hydrogens is 226 g/mol. The number of nitrogens with zero attached hydrogens (tertiary/aromatic N) is 1. The SMILES string of the molecule is Cc1ccccc1CN(CC(C)C(=O)O)C1CC1. The molecule has 98 valence electrons. The van der Waals surface area contributed by atoms with Gasteiger partial charge in [0.2, 0.25) is 0 Å². The normalized spacial score (nSPS) is 16.8. The van der Waals surface area contributed by atoms with Crippen LogP contribution in [0.15, 0.2) is 24.3 Å². The fraction of sp³-hybridized carbons (Fsp3) is 0.533. The first kappa shape index (κ1) is 13.1. The standard InChI is InChI=1S/C15H21NO2/c1-11-5-3-4-6-13(11)10-16(14-7-8-14)9-12(2)15(17)18/h3-6,12,14H,7-10H2,1-2H3,(H,17,18). The van der Waals surface area contributed by atoms with E-state index in [1.165, 1.54) is 24.0 Å². The molecule has 18 heavy (non-hydrogen) atoms. The number of carbonyl (C=O) groups is 1. The molecule has 0 aromatic heterocycles. The maximum Gasteiger partial charge on any atom is 0.307 e. The molecule has 3 heteroatoms. The van der Waals surface area contributed by atoms with E-state index in [-0.39, 0.29) is 5.92 Å². The largest absolute Gasteiger partial charge is 0.481 e. The van der Waals surface area contributed by atoms with E-state index < -0.39 is 5.97 Å². The lowest BCUT2D eigenvalue weighted by molar-refractivity contribution is -0.141. The number of aliphatic carboxylic acids is 1. The van der Waals surface area contributed by atoms with Gasteiger partial charge in [0, 0.05) is 19.1 Å². The van der Waals surface area contributed by atoms with E-state index in [9.17, 15) is 4.79 Å². The Morgan fingerprint density at radius 2 is 2.11 bits per heavy atom. The molecule has 0 bridgehead atoms. The number of rotatable bonds is 6. The van der Waals surface area contributed by atoms with Crippen LogP contribution in [0.25, 0.3) is 0 Å². The van der Waals surface area contributed by atoms with Crippen molar-refractivity contribution in [2.75, 3.05) is 6.54 Å². The van der Waals surface area contributed by atoms with Crippen LogP contribution in [0, 0.1) is 12.8 Å². The van der Waals surface area contributed by atoms with Crippen molar-refractivity contribution in [1.29, 1.82) is 0 Å². The molecule has 1 aromatic rings. The fourth-order valence-electron chi connectivity index (χ4n) is 2.22. The Balaban J connectivity index is 2.03. The van der Waals surface area contributed by atoms with Crippen molar-refractivity contribution in [3.05, 3.63) is 35.4 Å². The van der Waals surface area contributed by atoms with Gasteiger partial charge >= 0.3 is 5.97 Å². The second-order valence-corrected chi connectivity index (χ2v) is 5.33. The number of hydrogen-bond donors (Lipinski definition) is 1. The van der Waals surface area contributed by atoms with Crippen molar-refractivity contribution in [2.45, 2.75) is 39.3 Å². The third-order valence-corrected chi connectivity index (χ3v) is 3.63. The Kier molecular flexibility index (Phi) is 4.02. The Hall–Kier alpha value is -1.35. The third kappa shape index (κ3) is 3.33. The Morgan fingerprint density at radius 3 is 2.67 bits per heavy atom. The quantitative estimate of drug-likeness (QED) is 0.840. The van der Waals surface area contributed by atoms with E-state index in [1.54, 1.807) is 6.92 Å². The summed E-state index contributed by atoms with van der Waals surface area (Å²) in [6.45, 7) is 5.42. The summed E-state index contributed by atoms with van der Waals surface area (Å²) in [6.07, 6.45) is 2.41. The highest BCUT2D eigenvalue weighted by atomic mass is 16.4. The van der Waals surface area contributed by atoms with E-state index in [0.717, 1.165) is 6.54 Å². The molecule has 2 rings (SSSR count). The van der Waals surface area contributed by atoms with Crippen molar-refractivity contribution in [2.24, 2.45) is 5.92 Å². The zero-order valence-corrected chi connectivity index (χ0v) is 11.1. The first-order valence-corrected chi connectivity index (χ1v) is 6.59. The summed E-state index contributed by atoms with van der Waals surface area (Å²) >= 11 is 0. The van der Waals surface area contributed by atoms with E-state index >= 15 is 0 Å². The predicted molar refractivity (Wildman–Crippen MR) is 71.4 cm³/mol. The van der Waals surface area contributed by atoms with Crippen LogP contribution in [-0.2, 0) is 11.3 Å². The third-order valence-electron chi connectivity index (χ3n) is 3.63. The van der Waals surface area contributed by atoms with Gasteiger partial charge in [-0.25, -0.2) is 0 Å². The first-order valence-electron chi connectivity index (χ1n) is 6.59. The summed E-state index contributed by atoms with van der Waals surface area (Å²) in [5, 5.41) is 9.03. The minimum Gasteiger partial charge on any atom is -0.481 e. The highest BCUT2D eigenvalue weighted by Gasteiger charge is 2.31. The molecule has 1 atom stereocenters. The Bertz CT molecular complexity index is 426. The van der Waals surface area contributed by atoms with Gasteiger partial charge in [-0.2, -0.15) is 0 Å². The molecule has 0 heterocycles. The van der Waals surface area contributed by atoms with Crippen molar-refractivity contribution in [3.8, 4) is 0 Å². The van der Waals surface area contributed by atoms with E-state index in [1.807, 2.05) is 12.1 Å². The number of hydrogen-bond acceptors (Lipinski definition) is 2. The van der Waals surface area contributed by atoms with Crippen LogP contribution in [0.4, 0.5) is 0 Å². The van der Waals surface area contributed by atoms with Gasteiger partial charge in [-0.1, -0.05) is 31.2 Å². The van der Waals surface area contributed by atoms with Gasteiger partial charge in [0.1, 0.15) is 0 Å². The second kappa shape index (κ2) is 5.53. The average molecular weight is 247 g/mol. The number of carboxylic acid groups (broad SMARTS) is 1. The van der Waals surface area contributed by atoms with Gasteiger partial charge in [-0.3, -0.25) is 9.69 Å². The summed E-state index contributed by atoms with van der Waals surface area (Å²) in [5.74, 6) is -1.000. The molecule has 3 nitrogen and oxygen atoms in total. The maximum atomic E-state index is 11.0. The molecule has 1 aliphatic carbocycles. The molecular formula is C15H21NO2. The fourth-order valence-corrected chi connectivity index (χ4v) is 2.22. The number of carboxylic acids is 1. The molecule has 1 unspecified atom stereocenters. The molecule has 0 amide bonds. The molecule has 1 N–H and O–H groups in total. The van der Waals surface area contributed by atoms with Crippen LogP contribution in [0.3, 0.4) is 0 Å². The van der Waals surface area contributed by atoms with Gasteiger partial charge in [-0.15, -0.1) is 0 Å². The molecule has 0 radical (unpaired) electrons. The van der Waals surface area contributed by atoms with Crippen molar-refractivity contribution < 1.29 is 9.90 Å². The molecule has 0 saturated heterocycles. The second-order valence-electron chi connectivity index (χ2n) is 5.33. The highest BCUT2D eigenvalue weighted by molar-refractivity contribution is 5.69. The molecule has 0 spiro atoms. The zero-order chi connectivity index (χ0) is 13.1. The monoisotopic (exact) mass is 247 g/mol. The lowest BCUT2D eigenvalue weighted by Crippen LogP contribution is -2.33. The highest BCUT2D eigenvalue weighted by Crippen LogP contribution is 2.29. The van der Waals surface area contributed by atoms with Crippen LogP contribution < -0.4 is 0 Å². The summed E-state index contributed by atoms with van der Waals surface area (Å²) in [4.78, 5) is 13.3. The molecule has 1 fully saturated rings. The zero-order valence-electron chi connectivity index (χ0n) is 11.1. The molecule has 0 aliphatic heterocycles. The van der Waals surface area contributed by atoms with Gasteiger partial charge in [0.05, 0.1) is 5.92 Å². The lowest BCUT2D eigenvalue weighted by Gasteiger charge is -2.24. The van der Waals surface area contributed by atoms with Gasteiger partial charge in [-0.05, 0) is 30.9 Å². The number of benzene rings is 1. The van der Waals surface area contributed by atoms with Crippen LogP contribution in [0.1, 0.15) is 30.9 Å². The molecule has 1 aliphatic rings.